The van der Waals surface area contributed by atoms with Gasteiger partial charge in [0.25, 0.3) is 0 Å². The van der Waals surface area contributed by atoms with Crippen LogP contribution in [-0.2, 0) is 33.2 Å². The van der Waals surface area contributed by atoms with Gasteiger partial charge in [-0.2, -0.15) is 0 Å². The number of carbonyl (C=O) groups is 1. The Morgan fingerprint density at radius 2 is 1.02 bits per heavy atom. The number of ether oxygens (including phenoxy) is 6. The molecule has 0 aromatic heterocycles. The van der Waals surface area contributed by atoms with Gasteiger partial charge in [0.05, 0.1) is 26.4 Å². The Hall–Kier alpha value is -1.27. The number of aliphatic hydroxyl groups excluding tert-OH is 7. The molecular weight excluding hydrogens is 776 g/mol. The van der Waals surface area contributed by atoms with Crippen LogP contribution in [0.2, 0.25) is 0 Å². The van der Waals surface area contributed by atoms with Crippen LogP contribution < -0.4 is 0 Å². The zero-order valence-corrected chi connectivity index (χ0v) is 37.2. The van der Waals surface area contributed by atoms with E-state index in [1.807, 2.05) is 0 Å². The molecule has 2 rings (SSSR count). The number of rotatable bonds is 37. The number of hydrogen-bond acceptors (Lipinski definition) is 14. The van der Waals surface area contributed by atoms with Crippen molar-refractivity contribution in [3.05, 3.63) is 12.2 Å². The topological polar surface area (TPSA) is 214 Å². The molecule has 11 atom stereocenters. The molecule has 0 saturated carbocycles. The molecule has 14 nitrogen and oxygen atoms in total. The van der Waals surface area contributed by atoms with Gasteiger partial charge in [0.2, 0.25) is 0 Å². The van der Waals surface area contributed by atoms with E-state index < -0.39 is 80.7 Å². The van der Waals surface area contributed by atoms with Gasteiger partial charge in [0.15, 0.2) is 12.6 Å². The molecular formula is C46H86O14. The van der Waals surface area contributed by atoms with E-state index in [2.05, 4.69) is 26.0 Å². The first-order valence-electron chi connectivity index (χ1n) is 23.8. The minimum atomic E-state index is -1.70. The summed E-state index contributed by atoms with van der Waals surface area (Å²) in [5.74, 6) is -0.377. The highest BCUT2D eigenvalue weighted by Gasteiger charge is 2.47. The molecule has 0 spiro atoms. The minimum Gasteiger partial charge on any atom is -0.457 e. The largest absolute Gasteiger partial charge is 0.457 e. The molecule has 0 aromatic carbocycles. The molecule has 354 valence electrons. The van der Waals surface area contributed by atoms with Gasteiger partial charge in [0.1, 0.15) is 54.9 Å². The predicted molar refractivity (Wildman–Crippen MR) is 229 cm³/mol. The lowest BCUT2D eigenvalue weighted by Crippen LogP contribution is -2.61. The van der Waals surface area contributed by atoms with Crippen molar-refractivity contribution in [3.8, 4) is 0 Å². The van der Waals surface area contributed by atoms with E-state index in [4.69, 9.17) is 28.4 Å². The summed E-state index contributed by atoms with van der Waals surface area (Å²) in [5.41, 5.74) is 0. The SMILES string of the molecule is CCC/C=C\CCCCCCCCOCC(COC1OC(COC2OC(CO)C(O)C(O)C2O)C(O)C(O)C1O)OC(=O)CCCCCCCCCCCCCCCCC. The van der Waals surface area contributed by atoms with E-state index in [1.165, 1.54) is 96.3 Å². The second-order valence-electron chi connectivity index (χ2n) is 16.9. The zero-order chi connectivity index (χ0) is 43.8. The highest BCUT2D eigenvalue weighted by Crippen LogP contribution is 2.26. The van der Waals surface area contributed by atoms with Gasteiger partial charge in [-0.1, -0.05) is 148 Å². The fraction of sp³-hybridized carbons (Fsp3) is 0.935. The van der Waals surface area contributed by atoms with Crippen molar-refractivity contribution in [3.63, 3.8) is 0 Å². The molecule has 0 aliphatic carbocycles. The van der Waals surface area contributed by atoms with Crippen molar-refractivity contribution in [2.24, 2.45) is 0 Å². The van der Waals surface area contributed by atoms with E-state index in [1.54, 1.807) is 0 Å². The Kier molecular flexibility index (Phi) is 32.1. The molecule has 0 bridgehead atoms. The normalized spacial score (nSPS) is 27.8. The first-order valence-corrected chi connectivity index (χ1v) is 23.8. The molecule has 2 saturated heterocycles. The van der Waals surface area contributed by atoms with Crippen molar-refractivity contribution in [1.82, 2.24) is 0 Å². The van der Waals surface area contributed by atoms with Crippen molar-refractivity contribution < 1.29 is 69.0 Å². The molecule has 2 fully saturated rings. The molecule has 60 heavy (non-hydrogen) atoms. The fourth-order valence-electron chi connectivity index (χ4n) is 7.58. The highest BCUT2D eigenvalue weighted by atomic mass is 16.7. The van der Waals surface area contributed by atoms with Crippen LogP contribution in [-0.4, -0.2) is 142 Å². The minimum absolute atomic E-state index is 0.0618. The third-order valence-corrected chi connectivity index (χ3v) is 11.5. The lowest BCUT2D eigenvalue weighted by Gasteiger charge is -2.42. The van der Waals surface area contributed by atoms with Gasteiger partial charge in [0, 0.05) is 13.0 Å². The summed E-state index contributed by atoms with van der Waals surface area (Å²) < 4.78 is 34.2. The first kappa shape index (κ1) is 54.9. The Morgan fingerprint density at radius 1 is 0.533 bits per heavy atom. The summed E-state index contributed by atoms with van der Waals surface area (Å²) in [6.45, 7) is 3.63. The van der Waals surface area contributed by atoms with Crippen LogP contribution in [0.5, 0.6) is 0 Å². The molecule has 0 aromatic rings. The van der Waals surface area contributed by atoms with Crippen LogP contribution in [0.25, 0.3) is 0 Å². The summed E-state index contributed by atoms with van der Waals surface area (Å²) in [7, 11) is 0. The number of carbonyl (C=O) groups excluding carboxylic acids is 1. The van der Waals surface area contributed by atoms with Crippen molar-refractivity contribution in [2.45, 2.75) is 242 Å². The first-order chi connectivity index (χ1) is 29.1. The number of hydrogen-bond donors (Lipinski definition) is 7. The van der Waals surface area contributed by atoms with Crippen LogP contribution in [0.1, 0.15) is 174 Å². The molecule has 0 amide bonds. The standard InChI is InChI=1S/C46H86O14/c1-3-5-7-9-11-13-15-16-17-18-19-21-23-25-27-29-38(48)58-35(32-55-30-28-26-24-22-20-14-12-10-8-6-4-2)33-56-45-44(54)42(52)40(50)37(60-45)34-57-46-43(53)41(51)39(49)36(31-47)59-46/h8,10,35-37,39-47,49-54H,3-7,9,11-34H2,1-2H3/b10-8-. The second kappa shape index (κ2) is 35.1. The van der Waals surface area contributed by atoms with Crippen molar-refractivity contribution >= 4 is 5.97 Å². The van der Waals surface area contributed by atoms with E-state index in [0.717, 1.165) is 51.4 Å². The molecule has 11 unspecified atom stereocenters. The summed E-state index contributed by atoms with van der Waals surface area (Å²) in [5, 5.41) is 71.9. The Morgan fingerprint density at radius 3 is 1.58 bits per heavy atom. The molecule has 2 aliphatic rings. The van der Waals surface area contributed by atoms with E-state index in [-0.39, 0.29) is 25.6 Å². The highest BCUT2D eigenvalue weighted by molar-refractivity contribution is 5.69. The van der Waals surface area contributed by atoms with E-state index in [9.17, 15) is 40.5 Å². The van der Waals surface area contributed by atoms with Gasteiger partial charge in [-0.05, 0) is 32.1 Å². The van der Waals surface area contributed by atoms with Crippen LogP contribution in [0.3, 0.4) is 0 Å². The lowest BCUT2D eigenvalue weighted by molar-refractivity contribution is -0.332. The molecule has 2 aliphatic heterocycles. The zero-order valence-electron chi connectivity index (χ0n) is 37.2. The quantitative estimate of drug-likeness (QED) is 0.0220. The van der Waals surface area contributed by atoms with E-state index >= 15 is 0 Å². The maximum Gasteiger partial charge on any atom is 0.306 e. The molecule has 7 N–H and O–H groups in total. The number of esters is 1. The maximum atomic E-state index is 12.9. The maximum absolute atomic E-state index is 12.9. The molecule has 0 radical (unpaired) electrons. The molecule has 14 heteroatoms. The van der Waals surface area contributed by atoms with Crippen LogP contribution >= 0.6 is 0 Å². The van der Waals surface area contributed by atoms with Gasteiger partial charge in [-0.3, -0.25) is 4.79 Å². The van der Waals surface area contributed by atoms with Gasteiger partial charge < -0.3 is 64.2 Å². The Bertz CT molecular complexity index is 1050. The van der Waals surface area contributed by atoms with Gasteiger partial charge >= 0.3 is 5.97 Å². The van der Waals surface area contributed by atoms with Gasteiger partial charge in [-0.15, -0.1) is 0 Å². The number of aliphatic hydroxyl groups is 7. The smallest absolute Gasteiger partial charge is 0.306 e. The third kappa shape index (κ3) is 23.4. The van der Waals surface area contributed by atoms with Crippen LogP contribution in [0.4, 0.5) is 0 Å². The monoisotopic (exact) mass is 863 g/mol. The van der Waals surface area contributed by atoms with Crippen molar-refractivity contribution in [2.75, 3.05) is 33.0 Å². The van der Waals surface area contributed by atoms with Gasteiger partial charge in [-0.25, -0.2) is 0 Å². The third-order valence-electron chi connectivity index (χ3n) is 11.5. The second-order valence-corrected chi connectivity index (χ2v) is 16.9. The number of allylic oxidation sites excluding steroid dienone is 2. The average molecular weight is 863 g/mol. The lowest BCUT2D eigenvalue weighted by atomic mass is 9.98. The summed E-state index contributed by atoms with van der Waals surface area (Å²) in [4.78, 5) is 12.9. The Balaban J connectivity index is 1.79. The summed E-state index contributed by atoms with van der Waals surface area (Å²) in [6, 6.07) is 0. The summed E-state index contributed by atoms with van der Waals surface area (Å²) in [6.07, 6.45) is 17.1. The van der Waals surface area contributed by atoms with Crippen LogP contribution in [0, 0.1) is 0 Å². The molecule has 2 heterocycles. The van der Waals surface area contributed by atoms with Crippen molar-refractivity contribution in [1.29, 1.82) is 0 Å². The average Bonchev–Trinajstić information content (AvgIpc) is 3.24. The number of unbranched alkanes of at least 4 members (excludes halogenated alkanes) is 21. The van der Waals surface area contributed by atoms with Crippen LogP contribution in [0.15, 0.2) is 12.2 Å². The summed E-state index contributed by atoms with van der Waals surface area (Å²) >= 11 is 0. The van der Waals surface area contributed by atoms with E-state index in [0.29, 0.717) is 13.0 Å². The Labute approximate surface area is 361 Å². The fourth-order valence-corrected chi connectivity index (χ4v) is 7.58. The predicted octanol–water partition coefficient (Wildman–Crippen LogP) is 5.90.